The second kappa shape index (κ2) is 11.8. The lowest BCUT2D eigenvalue weighted by molar-refractivity contribution is -0.256. The minimum Gasteiger partial charge on any atom is -0.446 e. The van der Waals surface area contributed by atoms with Gasteiger partial charge in [-0.05, 0) is 68.2 Å². The molecule has 2 saturated heterocycles. The number of hydroxylamine groups is 4. The van der Waals surface area contributed by atoms with Crippen LogP contribution in [0.1, 0.15) is 107 Å². The molecule has 0 spiro atoms. The molecule has 10 nitrogen and oxygen atoms in total. The number of carbonyl (C=O) groups excluding carboxylic acids is 2. The zero-order valence-corrected chi connectivity index (χ0v) is 23.6. The summed E-state index contributed by atoms with van der Waals surface area (Å²) in [6.45, 7) is 16.6. The molecule has 210 valence electrons. The third-order valence-corrected chi connectivity index (χ3v) is 7.39. The Labute approximate surface area is 217 Å². The summed E-state index contributed by atoms with van der Waals surface area (Å²) in [4.78, 5) is 24.4. The Morgan fingerprint density at radius 1 is 0.639 bits per heavy atom. The lowest BCUT2D eigenvalue weighted by Gasteiger charge is -2.50. The van der Waals surface area contributed by atoms with Crippen LogP contribution in [0.25, 0.3) is 0 Å². The van der Waals surface area contributed by atoms with Crippen LogP contribution in [0.3, 0.4) is 0 Å². The molecule has 2 rings (SSSR count). The quantitative estimate of drug-likeness (QED) is 0.323. The predicted molar refractivity (Wildman–Crippen MR) is 137 cm³/mol. The molecule has 0 radical (unpaired) electrons. The average molecular weight is 515 g/mol. The number of carbonyl (C=O) groups is 2. The Morgan fingerprint density at radius 2 is 0.917 bits per heavy atom. The van der Waals surface area contributed by atoms with E-state index in [0.717, 1.165) is 25.7 Å². The number of rotatable bonds is 9. The molecule has 0 aromatic heterocycles. The van der Waals surface area contributed by atoms with Crippen molar-refractivity contribution in [3.8, 4) is 0 Å². The van der Waals surface area contributed by atoms with Gasteiger partial charge in [-0.25, -0.2) is 9.59 Å². The van der Waals surface area contributed by atoms with Gasteiger partial charge in [-0.15, -0.1) is 0 Å². The summed E-state index contributed by atoms with van der Waals surface area (Å²) in [5, 5.41) is 29.1. The molecule has 0 aromatic rings. The number of piperidine rings is 2. The summed E-state index contributed by atoms with van der Waals surface area (Å²) in [5.74, 6) is 0. The molecular formula is C26H50N4O6. The van der Waals surface area contributed by atoms with E-state index in [1.165, 1.54) is 10.1 Å². The number of hydrogen-bond donors (Lipinski definition) is 4. The van der Waals surface area contributed by atoms with Gasteiger partial charge in [-0.2, -0.15) is 10.1 Å². The van der Waals surface area contributed by atoms with E-state index in [1.54, 1.807) is 0 Å². The highest BCUT2D eigenvalue weighted by Gasteiger charge is 2.47. The first-order valence-corrected chi connectivity index (χ1v) is 13.3. The number of unbranched alkanes of at least 4 members (excludes halogenated alkanes) is 3. The first kappa shape index (κ1) is 30.6. The minimum absolute atomic E-state index is 0.238. The van der Waals surface area contributed by atoms with E-state index >= 15 is 0 Å². The summed E-state index contributed by atoms with van der Waals surface area (Å²) in [7, 11) is 0. The highest BCUT2D eigenvalue weighted by atomic mass is 16.6. The molecule has 36 heavy (non-hydrogen) atoms. The van der Waals surface area contributed by atoms with Crippen LogP contribution in [-0.4, -0.2) is 80.2 Å². The molecule has 0 aliphatic carbocycles. The predicted octanol–water partition coefficient (Wildman–Crippen LogP) is 4.82. The summed E-state index contributed by atoms with van der Waals surface area (Å²) >= 11 is 0. The standard InChI is InChI=1S/C26H50N4O6/c1-23(2)15-19(16-24(3,4)29(23)33)35-21(31)27-13-11-9-10-12-14-28-22(32)36-20-17-25(5,6)30(34)26(7,8)18-20/h19-20,33-34H,9-18H2,1-8H3,(H,27,31)(H,28,32). The van der Waals surface area contributed by atoms with E-state index in [1.807, 2.05) is 55.4 Å². The second-order valence-corrected chi connectivity index (χ2v) is 13.0. The molecule has 2 aliphatic heterocycles. The van der Waals surface area contributed by atoms with Gasteiger partial charge >= 0.3 is 12.2 Å². The van der Waals surface area contributed by atoms with Gasteiger partial charge in [-0.1, -0.05) is 12.8 Å². The number of amides is 2. The SMILES string of the molecule is CC1(C)CC(OC(=O)NCCCCCCNC(=O)OC2CC(C)(C)N(O)C(C)(C)C2)CC(C)(C)N1O. The molecule has 2 fully saturated rings. The first-order chi connectivity index (χ1) is 16.5. The number of hydrogen-bond acceptors (Lipinski definition) is 8. The van der Waals surface area contributed by atoms with E-state index < -0.39 is 34.3 Å². The smallest absolute Gasteiger partial charge is 0.407 e. The maximum absolute atomic E-state index is 12.2. The van der Waals surface area contributed by atoms with Crippen molar-refractivity contribution in [3.63, 3.8) is 0 Å². The summed E-state index contributed by atoms with van der Waals surface area (Å²) in [5.41, 5.74) is -1.84. The molecule has 2 heterocycles. The normalized spacial score (nSPS) is 24.2. The van der Waals surface area contributed by atoms with Crippen molar-refractivity contribution in [3.05, 3.63) is 0 Å². The Morgan fingerprint density at radius 3 is 1.19 bits per heavy atom. The van der Waals surface area contributed by atoms with Crippen LogP contribution >= 0.6 is 0 Å². The van der Waals surface area contributed by atoms with Crippen LogP contribution < -0.4 is 10.6 Å². The fourth-order valence-electron chi connectivity index (χ4n) is 5.89. The van der Waals surface area contributed by atoms with Crippen molar-refractivity contribution >= 4 is 12.2 Å². The third-order valence-electron chi connectivity index (χ3n) is 7.39. The maximum atomic E-state index is 12.2. The summed E-state index contributed by atoms with van der Waals surface area (Å²) in [6.07, 6.45) is 4.51. The molecule has 2 amide bonds. The van der Waals surface area contributed by atoms with E-state index in [2.05, 4.69) is 10.6 Å². The van der Waals surface area contributed by atoms with Crippen molar-refractivity contribution in [2.45, 2.75) is 141 Å². The molecule has 0 saturated carbocycles. The van der Waals surface area contributed by atoms with Gasteiger partial charge in [0.1, 0.15) is 12.2 Å². The number of alkyl carbamates (subject to hydrolysis) is 2. The summed E-state index contributed by atoms with van der Waals surface area (Å²) < 4.78 is 11.2. The lowest BCUT2D eigenvalue weighted by atomic mass is 9.80. The van der Waals surface area contributed by atoms with Crippen molar-refractivity contribution in [2.24, 2.45) is 0 Å². The highest BCUT2D eigenvalue weighted by molar-refractivity contribution is 5.67. The fourth-order valence-corrected chi connectivity index (χ4v) is 5.89. The molecule has 4 N–H and O–H groups in total. The van der Waals surface area contributed by atoms with Crippen LogP contribution in [0.15, 0.2) is 0 Å². The van der Waals surface area contributed by atoms with Crippen LogP contribution in [0.2, 0.25) is 0 Å². The van der Waals surface area contributed by atoms with Crippen molar-refractivity contribution in [2.75, 3.05) is 13.1 Å². The molecule has 0 unspecified atom stereocenters. The van der Waals surface area contributed by atoms with Gasteiger partial charge in [0.15, 0.2) is 0 Å². The van der Waals surface area contributed by atoms with Gasteiger partial charge in [0.2, 0.25) is 0 Å². The van der Waals surface area contributed by atoms with Gasteiger partial charge in [0.05, 0.1) is 0 Å². The van der Waals surface area contributed by atoms with Crippen molar-refractivity contribution in [1.29, 1.82) is 0 Å². The van der Waals surface area contributed by atoms with E-state index in [4.69, 9.17) is 9.47 Å². The second-order valence-electron chi connectivity index (χ2n) is 13.0. The molecular weight excluding hydrogens is 464 g/mol. The fraction of sp³-hybridized carbons (Fsp3) is 0.923. The monoisotopic (exact) mass is 514 g/mol. The number of nitrogens with zero attached hydrogens (tertiary/aromatic N) is 2. The molecule has 0 aromatic carbocycles. The zero-order chi connectivity index (χ0) is 27.4. The number of nitrogens with one attached hydrogen (secondary N) is 2. The van der Waals surface area contributed by atoms with Gasteiger partial charge in [0, 0.05) is 60.9 Å². The lowest BCUT2D eigenvalue weighted by Crippen LogP contribution is -2.61. The van der Waals surface area contributed by atoms with Crippen LogP contribution in [0, 0.1) is 0 Å². The average Bonchev–Trinajstić information content (AvgIpc) is 2.71. The molecule has 10 heteroatoms. The first-order valence-electron chi connectivity index (χ1n) is 13.3. The Balaban J connectivity index is 1.54. The van der Waals surface area contributed by atoms with E-state index in [0.29, 0.717) is 38.8 Å². The highest BCUT2D eigenvalue weighted by Crippen LogP contribution is 2.39. The van der Waals surface area contributed by atoms with E-state index in [9.17, 15) is 20.0 Å². The van der Waals surface area contributed by atoms with Crippen LogP contribution in [-0.2, 0) is 9.47 Å². The topological polar surface area (TPSA) is 124 Å². The number of ether oxygens (including phenoxy) is 2. The molecule has 0 atom stereocenters. The molecule has 2 aliphatic rings. The van der Waals surface area contributed by atoms with Gasteiger partial charge in [0.25, 0.3) is 0 Å². The van der Waals surface area contributed by atoms with Crippen LogP contribution in [0.5, 0.6) is 0 Å². The molecule has 0 bridgehead atoms. The Bertz CT molecular complexity index is 657. The van der Waals surface area contributed by atoms with Crippen molar-refractivity contribution < 1.29 is 29.5 Å². The van der Waals surface area contributed by atoms with Gasteiger partial charge in [-0.3, -0.25) is 0 Å². The van der Waals surface area contributed by atoms with Crippen LogP contribution in [0.4, 0.5) is 9.59 Å². The van der Waals surface area contributed by atoms with E-state index in [-0.39, 0.29) is 12.2 Å². The van der Waals surface area contributed by atoms with Gasteiger partial charge < -0.3 is 30.5 Å². The largest absolute Gasteiger partial charge is 0.446 e. The maximum Gasteiger partial charge on any atom is 0.407 e. The third kappa shape index (κ3) is 8.46. The zero-order valence-electron chi connectivity index (χ0n) is 23.6. The van der Waals surface area contributed by atoms with Crippen molar-refractivity contribution in [1.82, 2.24) is 20.8 Å². The summed E-state index contributed by atoms with van der Waals surface area (Å²) in [6, 6.07) is 0. The Kier molecular flexibility index (Phi) is 10.1. The minimum atomic E-state index is -0.461. The Hall–Kier alpha value is -1.62.